The molecule has 126 valence electrons. The van der Waals surface area contributed by atoms with Crippen LogP contribution in [0, 0.1) is 6.92 Å². The van der Waals surface area contributed by atoms with Gasteiger partial charge in [0, 0.05) is 17.9 Å². The molecular formula is C18H21N3O2S. The summed E-state index contributed by atoms with van der Waals surface area (Å²) in [5, 5.41) is 9.71. The van der Waals surface area contributed by atoms with E-state index in [1.165, 1.54) is 5.56 Å². The minimum absolute atomic E-state index is 0.612. The summed E-state index contributed by atoms with van der Waals surface area (Å²) >= 11 is 1.65. The van der Waals surface area contributed by atoms with Crippen molar-refractivity contribution < 1.29 is 9.15 Å². The van der Waals surface area contributed by atoms with Crippen LogP contribution in [0.15, 0.2) is 52.2 Å². The third-order valence-electron chi connectivity index (χ3n) is 3.66. The molecule has 0 N–H and O–H groups in total. The quantitative estimate of drug-likeness (QED) is 0.457. The van der Waals surface area contributed by atoms with Crippen molar-refractivity contribution in [3.05, 3.63) is 54.0 Å². The van der Waals surface area contributed by atoms with Crippen LogP contribution in [-0.4, -0.2) is 33.7 Å². The molecule has 0 atom stereocenters. The van der Waals surface area contributed by atoms with E-state index in [1.54, 1.807) is 18.0 Å². The van der Waals surface area contributed by atoms with Gasteiger partial charge in [-0.05, 0) is 31.5 Å². The van der Waals surface area contributed by atoms with Gasteiger partial charge < -0.3 is 9.15 Å². The van der Waals surface area contributed by atoms with E-state index < -0.39 is 0 Å². The minimum atomic E-state index is 0.612. The first-order valence-electron chi connectivity index (χ1n) is 8.01. The summed E-state index contributed by atoms with van der Waals surface area (Å²) in [6.07, 6.45) is 1.69. The average molecular weight is 343 g/mol. The Hall–Kier alpha value is -2.05. The molecule has 5 nitrogen and oxygen atoms in total. The summed E-state index contributed by atoms with van der Waals surface area (Å²) in [7, 11) is 0. The molecule has 24 heavy (non-hydrogen) atoms. The molecule has 0 fully saturated rings. The summed E-state index contributed by atoms with van der Waals surface area (Å²) in [5.74, 6) is 2.59. The third kappa shape index (κ3) is 3.88. The van der Waals surface area contributed by atoms with Crippen LogP contribution in [0.25, 0.3) is 11.4 Å². The smallest absolute Gasteiger partial charge is 0.192 e. The topological polar surface area (TPSA) is 53.1 Å². The summed E-state index contributed by atoms with van der Waals surface area (Å²) in [4.78, 5) is 0. The SMILES string of the molecule is CCOCCSc1nnc(-c2ccccc2C)n1Cc1ccco1. The van der Waals surface area contributed by atoms with Crippen LogP contribution in [0.3, 0.4) is 0 Å². The predicted octanol–water partition coefficient (Wildman–Crippen LogP) is 4.02. The number of aromatic nitrogens is 3. The van der Waals surface area contributed by atoms with E-state index in [2.05, 4.69) is 33.8 Å². The van der Waals surface area contributed by atoms with Crippen LogP contribution in [0.4, 0.5) is 0 Å². The van der Waals surface area contributed by atoms with Crippen molar-refractivity contribution in [2.75, 3.05) is 19.0 Å². The number of nitrogens with zero attached hydrogens (tertiary/aromatic N) is 3. The van der Waals surface area contributed by atoms with Gasteiger partial charge in [0.05, 0.1) is 19.4 Å². The number of aryl methyl sites for hydroxylation is 1. The lowest BCUT2D eigenvalue weighted by molar-refractivity contribution is 0.164. The van der Waals surface area contributed by atoms with Gasteiger partial charge in [-0.2, -0.15) is 0 Å². The Bertz CT molecular complexity index is 768. The Morgan fingerprint density at radius 3 is 2.79 bits per heavy atom. The van der Waals surface area contributed by atoms with Gasteiger partial charge >= 0.3 is 0 Å². The highest BCUT2D eigenvalue weighted by Gasteiger charge is 2.16. The Morgan fingerprint density at radius 1 is 1.17 bits per heavy atom. The molecule has 0 aliphatic heterocycles. The number of hydrogen-bond donors (Lipinski definition) is 0. The number of thioether (sulfide) groups is 1. The van der Waals surface area contributed by atoms with Gasteiger partial charge in [0.15, 0.2) is 11.0 Å². The van der Waals surface area contributed by atoms with Crippen molar-refractivity contribution in [2.45, 2.75) is 25.5 Å². The highest BCUT2D eigenvalue weighted by molar-refractivity contribution is 7.99. The van der Waals surface area contributed by atoms with Gasteiger partial charge in [0.2, 0.25) is 0 Å². The molecule has 0 spiro atoms. The highest BCUT2D eigenvalue weighted by atomic mass is 32.2. The normalized spacial score (nSPS) is 11.1. The lowest BCUT2D eigenvalue weighted by Gasteiger charge is -2.10. The molecule has 1 aromatic carbocycles. The monoisotopic (exact) mass is 343 g/mol. The van der Waals surface area contributed by atoms with Gasteiger partial charge in [-0.1, -0.05) is 36.0 Å². The lowest BCUT2D eigenvalue weighted by Crippen LogP contribution is -2.05. The summed E-state index contributed by atoms with van der Waals surface area (Å²) in [6, 6.07) is 12.1. The number of benzene rings is 1. The molecule has 0 unspecified atom stereocenters. The largest absolute Gasteiger partial charge is 0.467 e. The first-order chi connectivity index (χ1) is 11.8. The van der Waals surface area contributed by atoms with Gasteiger partial charge in [0.1, 0.15) is 5.76 Å². The number of furan rings is 1. The van der Waals surface area contributed by atoms with Crippen LogP contribution in [-0.2, 0) is 11.3 Å². The summed E-state index contributed by atoms with van der Waals surface area (Å²) in [6.45, 7) is 6.13. The van der Waals surface area contributed by atoms with Crippen LogP contribution in [0.1, 0.15) is 18.2 Å². The zero-order valence-electron chi connectivity index (χ0n) is 13.9. The van der Waals surface area contributed by atoms with Crippen molar-refractivity contribution in [2.24, 2.45) is 0 Å². The molecule has 0 radical (unpaired) electrons. The fourth-order valence-electron chi connectivity index (χ4n) is 2.46. The molecule has 6 heteroatoms. The van der Waals surface area contributed by atoms with Crippen LogP contribution < -0.4 is 0 Å². The molecule has 3 aromatic rings. The highest BCUT2D eigenvalue weighted by Crippen LogP contribution is 2.27. The van der Waals surface area contributed by atoms with Crippen LogP contribution >= 0.6 is 11.8 Å². The lowest BCUT2D eigenvalue weighted by atomic mass is 10.1. The van der Waals surface area contributed by atoms with Crippen molar-refractivity contribution in [1.29, 1.82) is 0 Å². The molecular weight excluding hydrogens is 322 g/mol. The molecule has 3 rings (SSSR count). The fraction of sp³-hybridized carbons (Fsp3) is 0.333. The van der Waals surface area contributed by atoms with Gasteiger partial charge in [-0.3, -0.25) is 4.57 Å². The van der Waals surface area contributed by atoms with Gasteiger partial charge in [0.25, 0.3) is 0 Å². The summed E-state index contributed by atoms with van der Waals surface area (Å²) < 4.78 is 13.0. The second kappa shape index (κ2) is 8.17. The van der Waals surface area contributed by atoms with Gasteiger partial charge in [-0.25, -0.2) is 0 Å². The van der Waals surface area contributed by atoms with E-state index in [9.17, 15) is 0 Å². The van der Waals surface area contributed by atoms with E-state index in [-0.39, 0.29) is 0 Å². The maximum Gasteiger partial charge on any atom is 0.192 e. The van der Waals surface area contributed by atoms with Crippen molar-refractivity contribution >= 4 is 11.8 Å². The molecule has 0 saturated heterocycles. The first kappa shape index (κ1) is 16.8. The number of rotatable bonds is 8. The third-order valence-corrected chi connectivity index (χ3v) is 4.59. The fourth-order valence-corrected chi connectivity index (χ4v) is 3.24. The Kier molecular flexibility index (Phi) is 5.72. The van der Waals surface area contributed by atoms with E-state index in [0.717, 1.165) is 34.7 Å². The molecule has 0 bridgehead atoms. The average Bonchev–Trinajstić information content (AvgIpc) is 3.23. The molecule has 0 aliphatic carbocycles. The molecule has 0 amide bonds. The van der Waals surface area contributed by atoms with E-state index in [1.807, 2.05) is 31.2 Å². The summed E-state index contributed by atoms with van der Waals surface area (Å²) in [5.41, 5.74) is 2.27. The molecule has 2 heterocycles. The maximum absolute atomic E-state index is 5.52. The first-order valence-corrected chi connectivity index (χ1v) is 9.00. The maximum atomic E-state index is 5.52. The number of ether oxygens (including phenoxy) is 1. The molecule has 2 aromatic heterocycles. The molecule has 0 saturated carbocycles. The molecule has 0 aliphatic rings. The van der Waals surface area contributed by atoms with Gasteiger partial charge in [-0.15, -0.1) is 10.2 Å². The number of hydrogen-bond acceptors (Lipinski definition) is 5. The van der Waals surface area contributed by atoms with Crippen molar-refractivity contribution in [3.8, 4) is 11.4 Å². The second-order valence-electron chi connectivity index (χ2n) is 5.33. The standard InChI is InChI=1S/C18H21N3O2S/c1-3-22-11-12-24-18-20-19-17(16-9-5-4-7-14(16)2)21(18)13-15-8-6-10-23-15/h4-10H,3,11-13H2,1-2H3. The Morgan fingerprint density at radius 2 is 2.04 bits per heavy atom. The van der Waals surface area contributed by atoms with E-state index >= 15 is 0 Å². The minimum Gasteiger partial charge on any atom is -0.467 e. The van der Waals surface area contributed by atoms with Crippen molar-refractivity contribution in [3.63, 3.8) is 0 Å². The Labute approximate surface area is 146 Å². The predicted molar refractivity (Wildman–Crippen MR) is 95.2 cm³/mol. The van der Waals surface area contributed by atoms with E-state index in [4.69, 9.17) is 9.15 Å². The Balaban J connectivity index is 1.90. The van der Waals surface area contributed by atoms with Crippen molar-refractivity contribution in [1.82, 2.24) is 14.8 Å². The van der Waals surface area contributed by atoms with Crippen LogP contribution in [0.5, 0.6) is 0 Å². The zero-order valence-corrected chi connectivity index (χ0v) is 14.8. The van der Waals surface area contributed by atoms with Crippen LogP contribution in [0.2, 0.25) is 0 Å². The van der Waals surface area contributed by atoms with E-state index in [0.29, 0.717) is 13.2 Å². The second-order valence-corrected chi connectivity index (χ2v) is 6.39. The zero-order chi connectivity index (χ0) is 16.8.